The fraction of sp³-hybridized carbons (Fsp3) is 0.143. The van der Waals surface area contributed by atoms with Gasteiger partial charge in [0, 0.05) is 11.6 Å². The average molecular weight is 348 g/mol. The molecule has 0 bridgehead atoms. The SMILES string of the molecule is O=S(=O)(NCCc1ccc(Cl)cc1)c1ccc(F)c(Cl)c1. The quantitative estimate of drug-likeness (QED) is 0.897. The van der Waals surface area contributed by atoms with E-state index in [-0.39, 0.29) is 16.5 Å². The summed E-state index contributed by atoms with van der Waals surface area (Å²) in [6.45, 7) is 0.221. The minimum Gasteiger partial charge on any atom is -0.211 e. The van der Waals surface area contributed by atoms with Crippen molar-refractivity contribution >= 4 is 33.2 Å². The number of hydrogen-bond acceptors (Lipinski definition) is 2. The Morgan fingerprint density at radius 3 is 2.33 bits per heavy atom. The lowest BCUT2D eigenvalue weighted by atomic mass is 10.2. The summed E-state index contributed by atoms with van der Waals surface area (Å²) < 4.78 is 39.5. The minimum atomic E-state index is -3.71. The van der Waals surface area contributed by atoms with E-state index in [1.165, 1.54) is 6.07 Å². The molecule has 2 aromatic rings. The second-order valence-corrected chi connectivity index (χ2v) is 6.96. The van der Waals surface area contributed by atoms with Crippen molar-refractivity contribution in [1.29, 1.82) is 0 Å². The van der Waals surface area contributed by atoms with E-state index >= 15 is 0 Å². The molecule has 21 heavy (non-hydrogen) atoms. The molecule has 0 aromatic heterocycles. The highest BCUT2D eigenvalue weighted by molar-refractivity contribution is 7.89. The molecule has 0 unspecified atom stereocenters. The maximum atomic E-state index is 13.0. The van der Waals surface area contributed by atoms with Gasteiger partial charge in [0.2, 0.25) is 10.0 Å². The van der Waals surface area contributed by atoms with Gasteiger partial charge in [-0.2, -0.15) is 0 Å². The summed E-state index contributed by atoms with van der Waals surface area (Å²) >= 11 is 11.4. The van der Waals surface area contributed by atoms with Gasteiger partial charge < -0.3 is 0 Å². The molecule has 112 valence electrons. The van der Waals surface area contributed by atoms with Crippen LogP contribution >= 0.6 is 23.2 Å². The number of nitrogens with one attached hydrogen (secondary N) is 1. The van der Waals surface area contributed by atoms with Crippen molar-refractivity contribution < 1.29 is 12.8 Å². The molecule has 1 N–H and O–H groups in total. The van der Waals surface area contributed by atoms with Crippen LogP contribution in [0.1, 0.15) is 5.56 Å². The van der Waals surface area contributed by atoms with E-state index in [4.69, 9.17) is 23.2 Å². The van der Waals surface area contributed by atoms with E-state index < -0.39 is 15.8 Å². The van der Waals surface area contributed by atoms with Crippen LogP contribution in [0.5, 0.6) is 0 Å². The maximum Gasteiger partial charge on any atom is 0.240 e. The number of benzene rings is 2. The van der Waals surface area contributed by atoms with Crippen LogP contribution in [0.2, 0.25) is 10.0 Å². The molecule has 0 saturated heterocycles. The smallest absolute Gasteiger partial charge is 0.211 e. The van der Waals surface area contributed by atoms with E-state index in [9.17, 15) is 12.8 Å². The zero-order chi connectivity index (χ0) is 15.5. The molecule has 0 atom stereocenters. The average Bonchev–Trinajstić information content (AvgIpc) is 2.44. The normalized spacial score (nSPS) is 11.6. The highest BCUT2D eigenvalue weighted by Gasteiger charge is 2.15. The Bertz CT molecular complexity index is 733. The van der Waals surface area contributed by atoms with Crippen LogP contribution in [0.25, 0.3) is 0 Å². The van der Waals surface area contributed by atoms with Gasteiger partial charge in [-0.25, -0.2) is 17.5 Å². The summed E-state index contributed by atoms with van der Waals surface area (Å²) in [4.78, 5) is -0.0648. The van der Waals surface area contributed by atoms with Crippen molar-refractivity contribution in [2.45, 2.75) is 11.3 Å². The van der Waals surface area contributed by atoms with Gasteiger partial charge in [-0.15, -0.1) is 0 Å². The van der Waals surface area contributed by atoms with Crippen molar-refractivity contribution in [2.24, 2.45) is 0 Å². The van der Waals surface area contributed by atoms with Gasteiger partial charge in [0.1, 0.15) is 5.82 Å². The third-order valence-corrected chi connectivity index (χ3v) is 4.82. The highest BCUT2D eigenvalue weighted by atomic mass is 35.5. The summed E-state index contributed by atoms with van der Waals surface area (Å²) in [6.07, 6.45) is 0.519. The van der Waals surface area contributed by atoms with E-state index in [0.717, 1.165) is 17.7 Å². The van der Waals surface area contributed by atoms with Crippen molar-refractivity contribution in [2.75, 3.05) is 6.54 Å². The number of sulfonamides is 1. The first-order chi connectivity index (χ1) is 9.88. The number of rotatable bonds is 5. The Labute approximate surface area is 132 Å². The topological polar surface area (TPSA) is 46.2 Å². The Hall–Kier alpha value is -1.14. The molecule has 0 spiro atoms. The van der Waals surface area contributed by atoms with Gasteiger partial charge in [0.15, 0.2) is 0 Å². The lowest BCUT2D eigenvalue weighted by Gasteiger charge is -2.07. The zero-order valence-corrected chi connectivity index (χ0v) is 13.1. The lowest BCUT2D eigenvalue weighted by Crippen LogP contribution is -2.26. The predicted molar refractivity (Wildman–Crippen MR) is 81.8 cm³/mol. The highest BCUT2D eigenvalue weighted by Crippen LogP contribution is 2.19. The monoisotopic (exact) mass is 347 g/mol. The van der Waals surface area contributed by atoms with Crippen LogP contribution in [-0.4, -0.2) is 15.0 Å². The minimum absolute atomic E-state index is 0.0648. The molecule has 0 saturated carbocycles. The summed E-state index contributed by atoms with van der Waals surface area (Å²) in [5, 5.41) is 0.399. The Morgan fingerprint density at radius 1 is 1.05 bits per heavy atom. The summed E-state index contributed by atoms with van der Waals surface area (Å²) in [5.74, 6) is -0.656. The van der Waals surface area contributed by atoms with Crippen molar-refractivity contribution in [3.8, 4) is 0 Å². The lowest BCUT2D eigenvalue weighted by molar-refractivity contribution is 0.580. The molecular weight excluding hydrogens is 336 g/mol. The van der Waals surface area contributed by atoms with Crippen molar-refractivity contribution in [1.82, 2.24) is 4.72 Å². The van der Waals surface area contributed by atoms with Gasteiger partial charge in [0.25, 0.3) is 0 Å². The van der Waals surface area contributed by atoms with E-state index in [0.29, 0.717) is 11.4 Å². The maximum absolute atomic E-state index is 13.0. The molecule has 7 heteroatoms. The van der Waals surface area contributed by atoms with E-state index in [1.807, 2.05) is 12.1 Å². The van der Waals surface area contributed by atoms with Gasteiger partial charge in [-0.1, -0.05) is 35.3 Å². The van der Waals surface area contributed by atoms with E-state index in [2.05, 4.69) is 4.72 Å². The van der Waals surface area contributed by atoms with Gasteiger partial charge >= 0.3 is 0 Å². The molecule has 0 aliphatic carbocycles. The predicted octanol–water partition coefficient (Wildman–Crippen LogP) is 3.65. The molecule has 0 fully saturated rings. The zero-order valence-electron chi connectivity index (χ0n) is 10.8. The summed E-state index contributed by atoms with van der Waals surface area (Å²) in [5.41, 5.74) is 0.958. The van der Waals surface area contributed by atoms with E-state index in [1.54, 1.807) is 12.1 Å². The molecule has 0 amide bonds. The largest absolute Gasteiger partial charge is 0.240 e. The molecule has 0 aliphatic heterocycles. The molecule has 2 rings (SSSR count). The van der Waals surface area contributed by atoms with Crippen molar-refractivity contribution in [3.63, 3.8) is 0 Å². The first kappa shape index (κ1) is 16.2. The molecule has 2 aromatic carbocycles. The first-order valence-electron chi connectivity index (χ1n) is 6.08. The fourth-order valence-corrected chi connectivity index (χ4v) is 3.14. The third kappa shape index (κ3) is 4.41. The van der Waals surface area contributed by atoms with Gasteiger partial charge in [-0.05, 0) is 42.3 Å². The van der Waals surface area contributed by atoms with Gasteiger partial charge in [-0.3, -0.25) is 0 Å². The van der Waals surface area contributed by atoms with Crippen LogP contribution in [0.15, 0.2) is 47.4 Å². The van der Waals surface area contributed by atoms with Crippen molar-refractivity contribution in [3.05, 3.63) is 63.9 Å². The van der Waals surface area contributed by atoms with Crippen LogP contribution in [0.4, 0.5) is 4.39 Å². The Kier molecular flexibility index (Phi) is 5.22. The third-order valence-electron chi connectivity index (χ3n) is 2.82. The molecule has 0 aliphatic rings. The van der Waals surface area contributed by atoms with Crippen LogP contribution in [0.3, 0.4) is 0 Å². The van der Waals surface area contributed by atoms with Crippen LogP contribution in [-0.2, 0) is 16.4 Å². The summed E-state index contributed by atoms with van der Waals surface area (Å²) in [7, 11) is -3.71. The van der Waals surface area contributed by atoms with Gasteiger partial charge in [0.05, 0.1) is 9.92 Å². The molecular formula is C14H12Cl2FNO2S. The number of hydrogen-bond donors (Lipinski definition) is 1. The Morgan fingerprint density at radius 2 is 1.71 bits per heavy atom. The van der Waals surface area contributed by atoms with Crippen LogP contribution in [0, 0.1) is 5.82 Å². The first-order valence-corrected chi connectivity index (χ1v) is 8.31. The molecule has 0 heterocycles. The number of halogens is 3. The standard InChI is InChI=1S/C14H12Cl2FNO2S/c15-11-3-1-10(2-4-11)7-8-18-21(19,20)12-5-6-14(17)13(16)9-12/h1-6,9,18H,7-8H2. The Balaban J connectivity index is 2.01. The van der Waals surface area contributed by atoms with Crippen LogP contribution < -0.4 is 4.72 Å². The second-order valence-electron chi connectivity index (χ2n) is 4.35. The molecule has 0 radical (unpaired) electrons. The molecule has 3 nitrogen and oxygen atoms in total. The summed E-state index contributed by atoms with van der Waals surface area (Å²) in [6, 6.07) is 10.4. The second kappa shape index (κ2) is 6.75. The fourth-order valence-electron chi connectivity index (χ4n) is 1.71.